The van der Waals surface area contributed by atoms with Gasteiger partial charge in [-0.05, 0) is 39.1 Å². The molecule has 0 saturated heterocycles. The average molecular weight is 339 g/mol. The largest absolute Gasteiger partial charge is 0.466 e. The highest BCUT2D eigenvalue weighted by Crippen LogP contribution is 2.33. The van der Waals surface area contributed by atoms with Crippen molar-refractivity contribution in [3.05, 3.63) is 35.9 Å². The lowest BCUT2D eigenvalue weighted by Crippen LogP contribution is -2.39. The van der Waals surface area contributed by atoms with E-state index in [4.69, 9.17) is 9.16 Å². The molecule has 0 unspecified atom stereocenters. The van der Waals surface area contributed by atoms with E-state index in [9.17, 15) is 9.90 Å². The third-order valence-electron chi connectivity index (χ3n) is 3.80. The Balaban J connectivity index is 2.99. The standard InChI is InChI=1S/C18H30O4Si/c1-7-21-18(20)14(3)16(19)13(2)17(22-23(4,5)6)15-11-9-8-10-12-15/h8-14,16-17,19H,7H2,1-6H3/t13-,14+,16-,17+/m1/s1. The van der Waals surface area contributed by atoms with Crippen LogP contribution in [0.3, 0.4) is 0 Å². The molecule has 1 aromatic rings. The molecular weight excluding hydrogens is 308 g/mol. The van der Waals surface area contributed by atoms with Gasteiger partial charge in [0, 0.05) is 5.92 Å². The Morgan fingerprint density at radius 1 is 1.17 bits per heavy atom. The van der Waals surface area contributed by atoms with Crippen LogP contribution in [-0.4, -0.2) is 32.1 Å². The van der Waals surface area contributed by atoms with E-state index in [2.05, 4.69) is 19.6 Å². The number of hydrogen-bond acceptors (Lipinski definition) is 4. The maximum Gasteiger partial charge on any atom is 0.311 e. The number of benzene rings is 1. The molecular formula is C18H30O4Si. The first kappa shape index (κ1) is 19.9. The minimum atomic E-state index is -1.82. The molecule has 0 amide bonds. The van der Waals surface area contributed by atoms with Crippen molar-refractivity contribution in [2.75, 3.05) is 6.61 Å². The van der Waals surface area contributed by atoms with Crippen molar-refractivity contribution in [1.82, 2.24) is 0 Å². The van der Waals surface area contributed by atoms with Crippen LogP contribution in [0.25, 0.3) is 0 Å². The van der Waals surface area contributed by atoms with Crippen molar-refractivity contribution in [3.63, 3.8) is 0 Å². The molecule has 0 aliphatic carbocycles. The van der Waals surface area contributed by atoms with Gasteiger partial charge in [0.05, 0.1) is 24.7 Å². The van der Waals surface area contributed by atoms with E-state index in [1.807, 2.05) is 37.3 Å². The van der Waals surface area contributed by atoms with Gasteiger partial charge in [-0.2, -0.15) is 0 Å². The van der Waals surface area contributed by atoms with Crippen molar-refractivity contribution in [3.8, 4) is 0 Å². The molecule has 0 aliphatic rings. The Labute approximate surface area is 140 Å². The summed E-state index contributed by atoms with van der Waals surface area (Å²) in [6.45, 7) is 12.1. The molecule has 130 valence electrons. The number of carbonyl (C=O) groups is 1. The lowest BCUT2D eigenvalue weighted by molar-refractivity contribution is -0.153. The van der Waals surface area contributed by atoms with Gasteiger partial charge in [-0.1, -0.05) is 37.3 Å². The predicted molar refractivity (Wildman–Crippen MR) is 94.6 cm³/mol. The van der Waals surface area contributed by atoms with Crippen LogP contribution in [0.2, 0.25) is 19.6 Å². The molecule has 0 spiro atoms. The summed E-state index contributed by atoms with van der Waals surface area (Å²) in [5.74, 6) is -1.17. The molecule has 0 saturated carbocycles. The second-order valence-corrected chi connectivity index (χ2v) is 11.4. The normalized spacial score (nSPS) is 17.2. The molecule has 1 N–H and O–H groups in total. The van der Waals surface area contributed by atoms with Crippen molar-refractivity contribution < 1.29 is 19.1 Å². The smallest absolute Gasteiger partial charge is 0.311 e. The summed E-state index contributed by atoms with van der Waals surface area (Å²) in [6.07, 6.45) is -1.06. The minimum absolute atomic E-state index is 0.219. The number of carbonyl (C=O) groups excluding carboxylic acids is 1. The second kappa shape index (κ2) is 8.62. The molecule has 0 aliphatic heterocycles. The summed E-state index contributed by atoms with van der Waals surface area (Å²) in [7, 11) is -1.82. The molecule has 0 fully saturated rings. The summed E-state index contributed by atoms with van der Waals surface area (Å²) < 4.78 is 11.4. The number of aliphatic hydroxyl groups is 1. The van der Waals surface area contributed by atoms with Crippen molar-refractivity contribution in [2.24, 2.45) is 11.8 Å². The van der Waals surface area contributed by atoms with Crippen LogP contribution < -0.4 is 0 Å². The van der Waals surface area contributed by atoms with Gasteiger partial charge in [-0.15, -0.1) is 0 Å². The van der Waals surface area contributed by atoms with Crippen LogP contribution >= 0.6 is 0 Å². The summed E-state index contributed by atoms with van der Waals surface area (Å²) in [5.41, 5.74) is 1.03. The number of aliphatic hydroxyl groups excluding tert-OH is 1. The van der Waals surface area contributed by atoms with Gasteiger partial charge in [0.2, 0.25) is 0 Å². The zero-order valence-electron chi connectivity index (χ0n) is 15.1. The van der Waals surface area contributed by atoms with Crippen LogP contribution in [0, 0.1) is 11.8 Å². The highest BCUT2D eigenvalue weighted by Gasteiger charge is 2.35. The molecule has 23 heavy (non-hydrogen) atoms. The second-order valence-electron chi connectivity index (χ2n) is 6.95. The molecule has 0 aromatic heterocycles. The zero-order chi connectivity index (χ0) is 17.6. The van der Waals surface area contributed by atoms with Gasteiger partial charge in [0.15, 0.2) is 8.32 Å². The van der Waals surface area contributed by atoms with E-state index in [0.717, 1.165) is 5.56 Å². The van der Waals surface area contributed by atoms with Crippen LogP contribution in [0.1, 0.15) is 32.4 Å². The van der Waals surface area contributed by atoms with Crippen LogP contribution in [-0.2, 0) is 14.0 Å². The third kappa shape index (κ3) is 6.09. The van der Waals surface area contributed by atoms with Crippen molar-refractivity contribution >= 4 is 14.3 Å². The van der Waals surface area contributed by atoms with E-state index < -0.39 is 20.3 Å². The van der Waals surface area contributed by atoms with Crippen molar-refractivity contribution in [2.45, 2.75) is 52.6 Å². The molecule has 0 heterocycles. The molecule has 0 bridgehead atoms. The lowest BCUT2D eigenvalue weighted by atomic mass is 9.86. The molecule has 5 heteroatoms. The Bertz CT molecular complexity index is 484. The highest BCUT2D eigenvalue weighted by molar-refractivity contribution is 6.69. The monoisotopic (exact) mass is 338 g/mol. The van der Waals surface area contributed by atoms with Crippen LogP contribution in [0.4, 0.5) is 0 Å². The van der Waals surface area contributed by atoms with Gasteiger partial charge < -0.3 is 14.3 Å². The summed E-state index contributed by atoms with van der Waals surface area (Å²) in [6, 6.07) is 9.89. The Morgan fingerprint density at radius 2 is 1.74 bits per heavy atom. The summed E-state index contributed by atoms with van der Waals surface area (Å²) in [5, 5.41) is 10.6. The summed E-state index contributed by atoms with van der Waals surface area (Å²) >= 11 is 0. The van der Waals surface area contributed by atoms with Gasteiger partial charge >= 0.3 is 5.97 Å². The van der Waals surface area contributed by atoms with E-state index in [0.29, 0.717) is 6.61 Å². The fraction of sp³-hybridized carbons (Fsp3) is 0.611. The van der Waals surface area contributed by atoms with Gasteiger partial charge in [-0.25, -0.2) is 0 Å². The molecule has 0 radical (unpaired) electrons. The first-order valence-corrected chi connectivity index (χ1v) is 11.7. The third-order valence-corrected chi connectivity index (χ3v) is 4.76. The molecule has 1 aromatic carbocycles. The topological polar surface area (TPSA) is 55.8 Å². The van der Waals surface area contributed by atoms with E-state index >= 15 is 0 Å². The Morgan fingerprint density at radius 3 is 2.22 bits per heavy atom. The SMILES string of the molecule is CCOC(=O)[C@@H](C)[C@H](O)[C@@H](C)[C@H](O[Si](C)(C)C)c1ccccc1. The molecule has 4 atom stereocenters. The van der Waals surface area contributed by atoms with Crippen molar-refractivity contribution in [1.29, 1.82) is 0 Å². The Kier molecular flexibility index (Phi) is 7.44. The highest BCUT2D eigenvalue weighted by atomic mass is 28.4. The maximum atomic E-state index is 11.9. The minimum Gasteiger partial charge on any atom is -0.466 e. The lowest BCUT2D eigenvalue weighted by Gasteiger charge is -2.35. The van der Waals surface area contributed by atoms with Crippen LogP contribution in [0.5, 0.6) is 0 Å². The van der Waals surface area contributed by atoms with E-state index in [1.165, 1.54) is 0 Å². The summed E-state index contributed by atoms with van der Waals surface area (Å²) in [4.78, 5) is 11.9. The quantitative estimate of drug-likeness (QED) is 0.579. The first-order valence-electron chi connectivity index (χ1n) is 8.24. The van der Waals surface area contributed by atoms with E-state index in [1.54, 1.807) is 13.8 Å². The maximum absolute atomic E-state index is 11.9. The van der Waals surface area contributed by atoms with E-state index in [-0.39, 0.29) is 18.0 Å². The number of hydrogen-bond donors (Lipinski definition) is 1. The first-order chi connectivity index (χ1) is 10.7. The number of esters is 1. The van der Waals surface area contributed by atoms with Gasteiger partial charge in [0.25, 0.3) is 0 Å². The van der Waals surface area contributed by atoms with Crippen LogP contribution in [0.15, 0.2) is 30.3 Å². The van der Waals surface area contributed by atoms with Gasteiger partial charge in [-0.3, -0.25) is 4.79 Å². The number of rotatable bonds is 8. The fourth-order valence-corrected chi connectivity index (χ4v) is 3.66. The molecule has 1 rings (SSSR count). The fourth-order valence-electron chi connectivity index (χ4n) is 2.55. The predicted octanol–water partition coefficient (Wildman–Crippen LogP) is 3.78. The zero-order valence-corrected chi connectivity index (χ0v) is 16.1. The molecule has 4 nitrogen and oxygen atoms in total. The number of ether oxygens (including phenoxy) is 1. The Hall–Kier alpha value is -1.17. The van der Waals surface area contributed by atoms with Gasteiger partial charge in [0.1, 0.15) is 0 Å². The average Bonchev–Trinajstić information content (AvgIpc) is 2.50.